The summed E-state index contributed by atoms with van der Waals surface area (Å²) in [5.74, 6) is 0.681. The average Bonchev–Trinajstić information content (AvgIpc) is 2.25. The Bertz CT molecular complexity index is 369. The third-order valence-electron chi connectivity index (χ3n) is 3.10. The molecule has 0 radical (unpaired) electrons. The highest BCUT2D eigenvalue weighted by atomic mass is 16.5. The van der Waals surface area contributed by atoms with Crippen LogP contribution in [0.3, 0.4) is 0 Å². The molecule has 0 aromatic heterocycles. The highest BCUT2D eigenvalue weighted by Gasteiger charge is 2.36. The molecule has 1 saturated heterocycles. The Balaban J connectivity index is 2.15. The summed E-state index contributed by atoms with van der Waals surface area (Å²) in [5.41, 5.74) is 1.01. The van der Waals surface area contributed by atoms with Crippen molar-refractivity contribution in [2.45, 2.75) is 12.0 Å². The maximum Gasteiger partial charge on any atom is 0.160 e. The van der Waals surface area contributed by atoms with Gasteiger partial charge < -0.3 is 19.9 Å². The zero-order valence-corrected chi connectivity index (χ0v) is 9.62. The van der Waals surface area contributed by atoms with Crippen molar-refractivity contribution < 1.29 is 14.6 Å². The van der Waals surface area contributed by atoms with Gasteiger partial charge in [0.2, 0.25) is 0 Å². The number of aromatic hydroxyl groups is 1. The van der Waals surface area contributed by atoms with Crippen molar-refractivity contribution in [3.05, 3.63) is 23.8 Å². The van der Waals surface area contributed by atoms with Crippen molar-refractivity contribution in [3.8, 4) is 11.5 Å². The molecule has 1 fully saturated rings. The molecule has 0 unspecified atom stereocenters. The maximum absolute atomic E-state index is 9.49. The number of hydrogen-bond acceptors (Lipinski definition) is 4. The van der Waals surface area contributed by atoms with Gasteiger partial charge in [0.25, 0.3) is 0 Å². The second kappa shape index (κ2) is 4.31. The molecule has 2 rings (SSSR count). The van der Waals surface area contributed by atoms with Gasteiger partial charge in [-0.05, 0) is 17.7 Å². The van der Waals surface area contributed by atoms with E-state index in [-0.39, 0.29) is 11.4 Å². The minimum atomic E-state index is -0.0953. The lowest BCUT2D eigenvalue weighted by Gasteiger charge is -2.41. The molecule has 1 aliphatic heterocycles. The lowest BCUT2D eigenvalue weighted by Crippen LogP contribution is -2.61. The van der Waals surface area contributed by atoms with E-state index in [0.717, 1.165) is 25.1 Å². The zero-order valence-electron chi connectivity index (χ0n) is 9.62. The largest absolute Gasteiger partial charge is 0.504 e. The summed E-state index contributed by atoms with van der Waals surface area (Å²) in [7, 11) is 3.29. The first-order valence-corrected chi connectivity index (χ1v) is 5.31. The van der Waals surface area contributed by atoms with Crippen molar-refractivity contribution >= 4 is 0 Å². The molecule has 1 aliphatic rings. The van der Waals surface area contributed by atoms with Gasteiger partial charge in [0.05, 0.1) is 12.7 Å². The number of rotatable bonds is 4. The first-order valence-electron chi connectivity index (χ1n) is 5.31. The normalized spacial score (nSPS) is 17.9. The molecule has 0 aliphatic carbocycles. The Morgan fingerprint density at radius 3 is 2.62 bits per heavy atom. The minimum Gasteiger partial charge on any atom is -0.504 e. The van der Waals surface area contributed by atoms with E-state index in [0.29, 0.717) is 5.75 Å². The smallest absolute Gasteiger partial charge is 0.160 e. The van der Waals surface area contributed by atoms with Crippen LogP contribution in [0.5, 0.6) is 11.5 Å². The number of ether oxygens (including phenoxy) is 2. The Morgan fingerprint density at radius 1 is 1.38 bits per heavy atom. The molecule has 0 spiro atoms. The molecule has 0 bridgehead atoms. The molecule has 4 heteroatoms. The van der Waals surface area contributed by atoms with Gasteiger partial charge in [-0.2, -0.15) is 0 Å². The van der Waals surface area contributed by atoms with Gasteiger partial charge in [-0.25, -0.2) is 0 Å². The second-order valence-corrected chi connectivity index (χ2v) is 4.17. The highest BCUT2D eigenvalue weighted by Crippen LogP contribution is 2.29. The van der Waals surface area contributed by atoms with E-state index in [4.69, 9.17) is 9.47 Å². The van der Waals surface area contributed by atoms with Gasteiger partial charge in [0.1, 0.15) is 0 Å². The van der Waals surface area contributed by atoms with Crippen LogP contribution < -0.4 is 10.1 Å². The van der Waals surface area contributed by atoms with Crippen molar-refractivity contribution in [1.82, 2.24) is 5.32 Å². The minimum absolute atomic E-state index is 0.0953. The van der Waals surface area contributed by atoms with Crippen LogP contribution in [0.15, 0.2) is 18.2 Å². The predicted molar refractivity (Wildman–Crippen MR) is 61.0 cm³/mol. The van der Waals surface area contributed by atoms with Crippen LogP contribution in [0.1, 0.15) is 5.56 Å². The Hall–Kier alpha value is -1.26. The molecule has 0 amide bonds. The van der Waals surface area contributed by atoms with Gasteiger partial charge in [0.15, 0.2) is 11.5 Å². The van der Waals surface area contributed by atoms with Gasteiger partial charge in [-0.1, -0.05) is 6.07 Å². The fourth-order valence-electron chi connectivity index (χ4n) is 1.95. The lowest BCUT2D eigenvalue weighted by atomic mass is 9.89. The summed E-state index contributed by atoms with van der Waals surface area (Å²) >= 11 is 0. The van der Waals surface area contributed by atoms with E-state index in [1.165, 1.54) is 0 Å². The second-order valence-electron chi connectivity index (χ2n) is 4.17. The number of hydrogen-bond donors (Lipinski definition) is 2. The van der Waals surface area contributed by atoms with E-state index >= 15 is 0 Å². The van der Waals surface area contributed by atoms with Crippen LogP contribution in [0.2, 0.25) is 0 Å². The SMILES string of the molecule is COc1cc(CC2(OC)CNC2)ccc1O. The van der Waals surface area contributed by atoms with Crippen LogP contribution in [0, 0.1) is 0 Å². The number of benzene rings is 1. The number of phenolic OH excluding ortho intramolecular Hbond substituents is 1. The Kier molecular flexibility index (Phi) is 3.03. The summed E-state index contributed by atoms with van der Waals surface area (Å²) < 4.78 is 10.6. The molecule has 1 aromatic rings. The maximum atomic E-state index is 9.49. The summed E-state index contributed by atoms with van der Waals surface area (Å²) in [5, 5.41) is 12.7. The summed E-state index contributed by atoms with van der Waals surface area (Å²) in [6, 6.07) is 5.41. The Labute approximate surface area is 95.2 Å². The van der Waals surface area contributed by atoms with Crippen LogP contribution >= 0.6 is 0 Å². The molecule has 2 N–H and O–H groups in total. The van der Waals surface area contributed by atoms with Crippen molar-refractivity contribution in [2.75, 3.05) is 27.3 Å². The fourth-order valence-corrected chi connectivity index (χ4v) is 1.95. The quantitative estimate of drug-likeness (QED) is 0.797. The summed E-state index contributed by atoms with van der Waals surface area (Å²) in [6.07, 6.45) is 0.827. The van der Waals surface area contributed by atoms with Gasteiger partial charge >= 0.3 is 0 Å². The average molecular weight is 223 g/mol. The number of phenols is 1. The van der Waals surface area contributed by atoms with Crippen LogP contribution in [-0.4, -0.2) is 38.0 Å². The van der Waals surface area contributed by atoms with Crippen LogP contribution in [-0.2, 0) is 11.2 Å². The van der Waals surface area contributed by atoms with Gasteiger partial charge in [0, 0.05) is 26.6 Å². The lowest BCUT2D eigenvalue weighted by molar-refractivity contribution is -0.0502. The molecule has 88 valence electrons. The predicted octanol–water partition coefficient (Wildman–Crippen LogP) is 0.932. The molecule has 1 heterocycles. The van der Waals surface area contributed by atoms with E-state index in [1.54, 1.807) is 20.3 Å². The zero-order chi connectivity index (χ0) is 11.6. The number of methoxy groups -OCH3 is 2. The first-order chi connectivity index (χ1) is 7.69. The fraction of sp³-hybridized carbons (Fsp3) is 0.500. The third kappa shape index (κ3) is 1.99. The highest BCUT2D eigenvalue weighted by molar-refractivity contribution is 5.42. The van der Waals surface area contributed by atoms with Gasteiger partial charge in [-0.15, -0.1) is 0 Å². The summed E-state index contributed by atoms with van der Waals surface area (Å²) in [4.78, 5) is 0. The van der Waals surface area contributed by atoms with E-state index < -0.39 is 0 Å². The monoisotopic (exact) mass is 223 g/mol. The summed E-state index contributed by atoms with van der Waals surface area (Å²) in [6.45, 7) is 1.74. The molecule has 0 atom stereocenters. The van der Waals surface area contributed by atoms with E-state index in [9.17, 15) is 5.11 Å². The Morgan fingerprint density at radius 2 is 2.12 bits per heavy atom. The number of nitrogens with one attached hydrogen (secondary N) is 1. The molecular formula is C12H17NO3. The third-order valence-corrected chi connectivity index (χ3v) is 3.10. The first kappa shape index (κ1) is 11.2. The van der Waals surface area contributed by atoms with Crippen molar-refractivity contribution in [3.63, 3.8) is 0 Å². The van der Waals surface area contributed by atoms with Crippen LogP contribution in [0.4, 0.5) is 0 Å². The van der Waals surface area contributed by atoms with Gasteiger partial charge in [-0.3, -0.25) is 0 Å². The molecule has 1 aromatic carbocycles. The van der Waals surface area contributed by atoms with Crippen molar-refractivity contribution in [1.29, 1.82) is 0 Å². The molecule has 4 nitrogen and oxygen atoms in total. The molecular weight excluding hydrogens is 206 g/mol. The molecule has 16 heavy (non-hydrogen) atoms. The van der Waals surface area contributed by atoms with E-state index in [2.05, 4.69) is 5.32 Å². The van der Waals surface area contributed by atoms with Crippen molar-refractivity contribution in [2.24, 2.45) is 0 Å². The van der Waals surface area contributed by atoms with E-state index in [1.807, 2.05) is 12.1 Å². The van der Waals surface area contributed by atoms with Crippen LogP contribution in [0.25, 0.3) is 0 Å². The standard InChI is InChI=1S/C12H17NO3/c1-15-11-5-9(3-4-10(11)14)6-12(16-2)7-13-8-12/h3-5,13-14H,6-8H2,1-2H3. The topological polar surface area (TPSA) is 50.7 Å². The molecule has 0 saturated carbocycles.